The molecule has 9 nitrogen and oxygen atoms in total. The number of rotatable bonds is 15. The van der Waals surface area contributed by atoms with Gasteiger partial charge in [0.25, 0.3) is 0 Å². The number of hydrogen-bond donors (Lipinski definition) is 0. The van der Waals surface area contributed by atoms with E-state index in [1.165, 1.54) is 26.3 Å². The molecule has 0 spiro atoms. The summed E-state index contributed by atoms with van der Waals surface area (Å²) in [6.07, 6.45) is 1.40. The zero-order chi connectivity index (χ0) is 28.9. The van der Waals surface area contributed by atoms with E-state index in [0.717, 1.165) is 11.3 Å². The molecule has 0 fully saturated rings. The van der Waals surface area contributed by atoms with Crippen molar-refractivity contribution in [2.24, 2.45) is 11.8 Å². The first-order valence-corrected chi connectivity index (χ1v) is 13.0. The number of ether oxygens (including phenoxy) is 5. The molecule has 0 aliphatic rings. The van der Waals surface area contributed by atoms with Gasteiger partial charge in [0.05, 0.1) is 19.6 Å². The number of carbonyl (C=O) groups is 3. The van der Waals surface area contributed by atoms with E-state index in [2.05, 4.69) is 4.98 Å². The summed E-state index contributed by atoms with van der Waals surface area (Å²) in [4.78, 5) is 41.4. The van der Waals surface area contributed by atoms with Gasteiger partial charge in [0.15, 0.2) is 23.0 Å². The molecule has 0 radical (unpaired) electrons. The van der Waals surface area contributed by atoms with Crippen LogP contribution in [0.2, 0.25) is 0 Å². The van der Waals surface area contributed by atoms with Crippen LogP contribution in [0, 0.1) is 11.8 Å². The zero-order valence-electron chi connectivity index (χ0n) is 23.2. The Balaban J connectivity index is 1.66. The van der Waals surface area contributed by atoms with Crippen molar-refractivity contribution in [3.8, 4) is 17.2 Å². The maximum Gasteiger partial charge on any atom is 0.309 e. The van der Waals surface area contributed by atoms with Gasteiger partial charge in [-0.3, -0.25) is 14.4 Å². The lowest BCUT2D eigenvalue weighted by Crippen LogP contribution is -2.32. The lowest BCUT2D eigenvalue weighted by atomic mass is 9.95. The van der Waals surface area contributed by atoms with E-state index >= 15 is 0 Å². The van der Waals surface area contributed by atoms with Crippen LogP contribution in [0.25, 0.3) is 0 Å². The molecule has 0 amide bonds. The number of Topliss-reactive ketones (excluding diaryl/α,β-unsaturated/α-hetero) is 1. The standard InChI is InChI=1S/C31H35NO8/c1-21(17-27(34)29-30(39-20-38-23(3)33)28(36-4)15-16-32-29)31(35)40-22(2)25(18-24-11-7-5-8-12-24)19-37-26-13-9-6-10-14-26/h5-16,21-22,25H,17-20H2,1-4H3/t21-,22+,25-/m1/s1. The molecular weight excluding hydrogens is 514 g/mol. The number of nitrogens with zero attached hydrogens (tertiary/aromatic N) is 1. The molecule has 0 aliphatic carbocycles. The zero-order valence-corrected chi connectivity index (χ0v) is 23.2. The van der Waals surface area contributed by atoms with Gasteiger partial charge in [0, 0.05) is 31.5 Å². The molecule has 0 aliphatic heterocycles. The maximum atomic E-state index is 13.1. The van der Waals surface area contributed by atoms with Gasteiger partial charge < -0.3 is 23.7 Å². The van der Waals surface area contributed by atoms with Gasteiger partial charge in [-0.25, -0.2) is 4.98 Å². The SMILES string of the molecule is COc1ccnc(C(=O)C[C@@H](C)C(=O)O[C@@H](C)[C@@H](COc2ccccc2)Cc2ccccc2)c1OCOC(C)=O. The first-order chi connectivity index (χ1) is 19.3. The first kappa shape index (κ1) is 30.1. The molecule has 1 aromatic heterocycles. The molecule has 0 saturated heterocycles. The van der Waals surface area contributed by atoms with E-state index in [9.17, 15) is 14.4 Å². The quantitative estimate of drug-likeness (QED) is 0.146. The van der Waals surface area contributed by atoms with Crippen molar-refractivity contribution in [1.29, 1.82) is 0 Å². The first-order valence-electron chi connectivity index (χ1n) is 13.0. The maximum absolute atomic E-state index is 13.1. The Hall–Kier alpha value is -4.40. The third-order valence-corrected chi connectivity index (χ3v) is 6.23. The largest absolute Gasteiger partial charge is 0.493 e. The van der Waals surface area contributed by atoms with Crippen LogP contribution < -0.4 is 14.2 Å². The minimum absolute atomic E-state index is 0.0302. The third-order valence-electron chi connectivity index (χ3n) is 6.23. The fourth-order valence-electron chi connectivity index (χ4n) is 3.95. The van der Waals surface area contributed by atoms with E-state index in [1.54, 1.807) is 6.92 Å². The number of esters is 2. The van der Waals surface area contributed by atoms with Gasteiger partial charge >= 0.3 is 11.9 Å². The molecule has 3 rings (SSSR count). The molecular formula is C31H35NO8. The Morgan fingerprint density at radius 3 is 2.23 bits per heavy atom. The van der Waals surface area contributed by atoms with Gasteiger partial charge in [-0.05, 0) is 31.0 Å². The summed E-state index contributed by atoms with van der Waals surface area (Å²) in [5, 5.41) is 0. The summed E-state index contributed by atoms with van der Waals surface area (Å²) in [6.45, 7) is 4.62. The van der Waals surface area contributed by atoms with Gasteiger partial charge in [0.2, 0.25) is 6.79 Å². The number of methoxy groups -OCH3 is 1. The predicted octanol–water partition coefficient (Wildman–Crippen LogP) is 5.07. The van der Waals surface area contributed by atoms with Crippen molar-refractivity contribution in [3.05, 3.63) is 84.2 Å². The topological polar surface area (TPSA) is 110 Å². The van der Waals surface area contributed by atoms with Gasteiger partial charge in [-0.2, -0.15) is 0 Å². The lowest BCUT2D eigenvalue weighted by Gasteiger charge is -2.25. The van der Waals surface area contributed by atoms with Crippen molar-refractivity contribution in [2.75, 3.05) is 20.5 Å². The Bertz CT molecular complexity index is 1250. The van der Waals surface area contributed by atoms with E-state index in [-0.39, 0.29) is 29.5 Å². The van der Waals surface area contributed by atoms with Crippen LogP contribution in [-0.2, 0) is 25.5 Å². The second-order valence-corrected chi connectivity index (χ2v) is 9.33. The summed E-state index contributed by atoms with van der Waals surface area (Å²) in [5.74, 6) is -1.36. The van der Waals surface area contributed by atoms with Crippen LogP contribution in [0.5, 0.6) is 17.2 Å². The number of carbonyl (C=O) groups excluding carboxylic acids is 3. The molecule has 40 heavy (non-hydrogen) atoms. The van der Waals surface area contributed by atoms with Crippen molar-refractivity contribution >= 4 is 17.7 Å². The minimum atomic E-state index is -0.753. The molecule has 9 heteroatoms. The molecule has 212 valence electrons. The number of ketones is 1. The third kappa shape index (κ3) is 9.11. The van der Waals surface area contributed by atoms with E-state index in [0.29, 0.717) is 13.0 Å². The number of para-hydroxylation sites is 1. The summed E-state index contributed by atoms with van der Waals surface area (Å²) in [6, 6.07) is 20.9. The monoisotopic (exact) mass is 549 g/mol. The summed E-state index contributed by atoms with van der Waals surface area (Å²) in [5.41, 5.74) is 1.07. The minimum Gasteiger partial charge on any atom is -0.493 e. The summed E-state index contributed by atoms with van der Waals surface area (Å²) < 4.78 is 27.4. The Labute approximate surface area is 234 Å². The van der Waals surface area contributed by atoms with Crippen LogP contribution in [0.1, 0.15) is 43.2 Å². The highest BCUT2D eigenvalue weighted by molar-refractivity contribution is 5.99. The van der Waals surface area contributed by atoms with Crippen molar-refractivity contribution in [2.45, 2.75) is 39.7 Å². The van der Waals surface area contributed by atoms with Gasteiger partial charge in [0.1, 0.15) is 11.9 Å². The van der Waals surface area contributed by atoms with Gasteiger partial charge in [-0.1, -0.05) is 55.5 Å². The molecule has 0 saturated carbocycles. The Morgan fingerprint density at radius 2 is 1.57 bits per heavy atom. The Kier molecular flexibility index (Phi) is 11.5. The number of benzene rings is 2. The molecule has 0 N–H and O–H groups in total. The number of pyridine rings is 1. The van der Waals surface area contributed by atoms with Crippen LogP contribution in [0.3, 0.4) is 0 Å². The van der Waals surface area contributed by atoms with Crippen LogP contribution >= 0.6 is 0 Å². The fraction of sp³-hybridized carbons (Fsp3) is 0.355. The second-order valence-electron chi connectivity index (χ2n) is 9.33. The van der Waals surface area contributed by atoms with Crippen molar-refractivity contribution in [1.82, 2.24) is 4.98 Å². The summed E-state index contributed by atoms with van der Waals surface area (Å²) >= 11 is 0. The van der Waals surface area contributed by atoms with E-state index in [1.807, 2.05) is 67.6 Å². The molecule has 0 unspecified atom stereocenters. The van der Waals surface area contributed by atoms with Gasteiger partial charge in [-0.15, -0.1) is 0 Å². The molecule has 3 atom stereocenters. The van der Waals surface area contributed by atoms with Crippen molar-refractivity contribution in [3.63, 3.8) is 0 Å². The summed E-state index contributed by atoms with van der Waals surface area (Å²) in [7, 11) is 1.41. The molecule has 0 bridgehead atoms. The normalized spacial score (nSPS) is 12.9. The average Bonchev–Trinajstić information content (AvgIpc) is 2.95. The van der Waals surface area contributed by atoms with Crippen LogP contribution in [0.15, 0.2) is 72.9 Å². The second kappa shape index (κ2) is 15.3. The predicted molar refractivity (Wildman–Crippen MR) is 147 cm³/mol. The van der Waals surface area contributed by atoms with Crippen LogP contribution in [-0.4, -0.2) is 49.3 Å². The van der Waals surface area contributed by atoms with Crippen molar-refractivity contribution < 1.29 is 38.1 Å². The van der Waals surface area contributed by atoms with Crippen LogP contribution in [0.4, 0.5) is 0 Å². The molecule has 1 heterocycles. The fourth-order valence-corrected chi connectivity index (χ4v) is 3.95. The highest BCUT2D eigenvalue weighted by Crippen LogP contribution is 2.31. The molecule has 3 aromatic rings. The van der Waals surface area contributed by atoms with E-state index in [4.69, 9.17) is 23.7 Å². The smallest absolute Gasteiger partial charge is 0.309 e. The lowest BCUT2D eigenvalue weighted by molar-refractivity contribution is -0.155. The molecule has 2 aromatic carbocycles. The highest BCUT2D eigenvalue weighted by Gasteiger charge is 2.28. The number of hydrogen-bond acceptors (Lipinski definition) is 9. The number of aromatic nitrogens is 1. The van der Waals surface area contributed by atoms with E-state index < -0.39 is 36.5 Å². The highest BCUT2D eigenvalue weighted by atomic mass is 16.7. The average molecular weight is 550 g/mol. The Morgan fingerprint density at radius 1 is 0.900 bits per heavy atom.